The van der Waals surface area contributed by atoms with Gasteiger partial charge in [0.1, 0.15) is 23.3 Å². The summed E-state index contributed by atoms with van der Waals surface area (Å²) in [4.78, 5) is 0. The Bertz CT molecular complexity index is 3180. The van der Waals surface area contributed by atoms with Crippen molar-refractivity contribution >= 4 is 65.2 Å². The second-order valence-electron chi connectivity index (χ2n) is 15.3. The minimum absolute atomic E-state index is 0.384. The first-order valence-corrected chi connectivity index (χ1v) is 19.2. The lowest BCUT2D eigenvalue weighted by Gasteiger charge is -2.21. The Kier molecular flexibility index (Phi) is 7.45. The quantitative estimate of drug-likeness (QED) is 0.125. The van der Waals surface area contributed by atoms with Gasteiger partial charge in [0.2, 0.25) is 0 Å². The molecular weight excluding hydrogens is 729 g/mol. The highest BCUT2D eigenvalue weighted by atomic mass is 19.1. The fraction of sp³-hybridized carbons (Fsp3) is 0.0385. The maximum absolute atomic E-state index is 14.7. The Labute approximate surface area is 330 Å². The molecule has 0 saturated heterocycles. The lowest BCUT2D eigenvalue weighted by molar-refractivity contribution is 0.628. The standard InChI is InChI=1S/C52H32F4N2/c1-29-5-3-7-31(21-29)51-39-15-13-38(58-49-19-11-35(55)25-43(49)44-26-36(56)12-20-50(44)58)28-46(39)52(32-8-4-6-30(2)22-32)40-16-14-37(27-45(40)51)57-47-17-9-33(53)23-41(47)42-24-34(54)10-18-48(42)57/h3-28H,1-2H3. The normalized spacial score (nSPS) is 12.0. The Balaban J connectivity index is 1.28. The van der Waals surface area contributed by atoms with E-state index >= 15 is 0 Å². The van der Waals surface area contributed by atoms with Crippen LogP contribution in [0.4, 0.5) is 17.6 Å². The van der Waals surface area contributed by atoms with Crippen LogP contribution in [0.3, 0.4) is 0 Å². The number of fused-ring (bicyclic) bond motifs is 8. The average Bonchev–Trinajstić information content (AvgIpc) is 3.70. The Morgan fingerprint density at radius 3 is 0.983 bits per heavy atom. The lowest BCUT2D eigenvalue weighted by atomic mass is 9.85. The molecule has 2 heterocycles. The van der Waals surface area contributed by atoms with E-state index in [1.807, 2.05) is 0 Å². The van der Waals surface area contributed by atoms with E-state index in [9.17, 15) is 17.6 Å². The van der Waals surface area contributed by atoms with Gasteiger partial charge in [-0.15, -0.1) is 0 Å². The van der Waals surface area contributed by atoms with Gasteiger partial charge in [-0.2, -0.15) is 0 Å². The highest BCUT2D eigenvalue weighted by molar-refractivity contribution is 6.22. The Morgan fingerprint density at radius 2 is 0.655 bits per heavy atom. The fourth-order valence-corrected chi connectivity index (χ4v) is 9.20. The van der Waals surface area contributed by atoms with Gasteiger partial charge in [0.05, 0.1) is 22.1 Å². The zero-order valence-corrected chi connectivity index (χ0v) is 31.4. The smallest absolute Gasteiger partial charge is 0.123 e. The summed E-state index contributed by atoms with van der Waals surface area (Å²) in [7, 11) is 0. The lowest BCUT2D eigenvalue weighted by Crippen LogP contribution is -1.98. The number of rotatable bonds is 4. The largest absolute Gasteiger partial charge is 0.309 e. The van der Waals surface area contributed by atoms with E-state index in [0.29, 0.717) is 21.5 Å². The van der Waals surface area contributed by atoms with Gasteiger partial charge in [-0.05, 0) is 155 Å². The summed E-state index contributed by atoms with van der Waals surface area (Å²) in [5.41, 5.74) is 11.2. The maximum atomic E-state index is 14.7. The molecule has 0 atom stereocenters. The molecule has 0 aliphatic rings. The van der Waals surface area contributed by atoms with Crippen LogP contribution in [-0.2, 0) is 0 Å². The van der Waals surface area contributed by atoms with Crippen LogP contribution in [0.15, 0.2) is 158 Å². The van der Waals surface area contributed by atoms with Crippen LogP contribution in [0.1, 0.15) is 11.1 Å². The summed E-state index contributed by atoms with van der Waals surface area (Å²) in [6.07, 6.45) is 0. The van der Waals surface area contributed by atoms with E-state index in [2.05, 4.69) is 108 Å². The molecule has 0 bridgehead atoms. The monoisotopic (exact) mass is 760 g/mol. The fourth-order valence-electron chi connectivity index (χ4n) is 9.20. The van der Waals surface area contributed by atoms with E-state index < -0.39 is 0 Å². The predicted molar refractivity (Wildman–Crippen MR) is 230 cm³/mol. The van der Waals surface area contributed by atoms with Crippen LogP contribution in [-0.4, -0.2) is 9.13 Å². The van der Waals surface area contributed by atoms with E-state index in [1.165, 1.54) is 48.5 Å². The molecule has 58 heavy (non-hydrogen) atoms. The van der Waals surface area contributed by atoms with Crippen LogP contribution >= 0.6 is 0 Å². The van der Waals surface area contributed by atoms with Gasteiger partial charge in [-0.1, -0.05) is 71.8 Å². The van der Waals surface area contributed by atoms with Crippen molar-refractivity contribution < 1.29 is 17.6 Å². The third-order valence-corrected chi connectivity index (χ3v) is 11.6. The minimum Gasteiger partial charge on any atom is -0.309 e. The molecule has 9 aromatic carbocycles. The molecule has 0 spiro atoms. The molecule has 0 N–H and O–H groups in total. The van der Waals surface area contributed by atoms with Crippen molar-refractivity contribution in [2.75, 3.05) is 0 Å². The number of nitrogens with zero attached hydrogens (tertiary/aromatic N) is 2. The number of aromatic nitrogens is 2. The van der Waals surface area contributed by atoms with Crippen LogP contribution in [0.5, 0.6) is 0 Å². The van der Waals surface area contributed by atoms with Crippen molar-refractivity contribution in [2.24, 2.45) is 0 Å². The van der Waals surface area contributed by atoms with Gasteiger partial charge in [0.15, 0.2) is 0 Å². The van der Waals surface area contributed by atoms with Gasteiger partial charge in [0, 0.05) is 32.9 Å². The van der Waals surface area contributed by atoms with Crippen molar-refractivity contribution in [3.8, 4) is 33.6 Å². The molecule has 278 valence electrons. The SMILES string of the molecule is Cc1cccc(-c2c3ccc(-n4c5ccc(F)cc5c5cc(F)ccc54)cc3c(-c3cccc(C)c3)c3ccc(-n4c5ccc(F)cc5c5cc(F)ccc54)cc23)c1. The van der Waals surface area contributed by atoms with Crippen molar-refractivity contribution in [1.29, 1.82) is 0 Å². The minimum atomic E-state index is -0.384. The maximum Gasteiger partial charge on any atom is 0.123 e. The molecule has 0 radical (unpaired) electrons. The number of halogens is 4. The summed E-state index contributed by atoms with van der Waals surface area (Å²) >= 11 is 0. The first-order valence-electron chi connectivity index (χ1n) is 19.2. The second kappa shape index (κ2) is 12.7. The average molecular weight is 761 g/mol. The molecule has 0 aliphatic carbocycles. The number of benzene rings is 9. The summed E-state index contributed by atoms with van der Waals surface area (Å²) in [6.45, 7) is 4.17. The van der Waals surface area contributed by atoms with Crippen LogP contribution in [0, 0.1) is 37.1 Å². The van der Waals surface area contributed by atoms with Crippen LogP contribution in [0.25, 0.3) is 98.8 Å². The third kappa shape index (κ3) is 5.18. The zero-order valence-electron chi connectivity index (χ0n) is 31.4. The van der Waals surface area contributed by atoms with Gasteiger partial charge < -0.3 is 9.13 Å². The Morgan fingerprint density at radius 1 is 0.310 bits per heavy atom. The van der Waals surface area contributed by atoms with Crippen molar-refractivity contribution in [3.05, 3.63) is 192 Å². The van der Waals surface area contributed by atoms with E-state index in [0.717, 1.165) is 88.4 Å². The van der Waals surface area contributed by atoms with Gasteiger partial charge in [-0.25, -0.2) is 17.6 Å². The Hall–Kier alpha value is -7.18. The summed E-state index contributed by atoms with van der Waals surface area (Å²) in [5, 5.41) is 6.63. The zero-order chi connectivity index (χ0) is 39.4. The summed E-state index contributed by atoms with van der Waals surface area (Å²) in [6, 6.07) is 48.5. The van der Waals surface area contributed by atoms with Crippen molar-refractivity contribution in [3.63, 3.8) is 0 Å². The van der Waals surface area contributed by atoms with Crippen LogP contribution < -0.4 is 0 Å². The number of aryl methyl sites for hydroxylation is 2. The molecule has 11 rings (SSSR count). The van der Waals surface area contributed by atoms with E-state index in [4.69, 9.17) is 0 Å². The number of hydrogen-bond donors (Lipinski definition) is 0. The molecule has 0 aliphatic heterocycles. The molecule has 0 amide bonds. The topological polar surface area (TPSA) is 9.86 Å². The molecule has 0 saturated carbocycles. The van der Waals surface area contributed by atoms with E-state index in [-0.39, 0.29) is 23.3 Å². The molecule has 0 fully saturated rings. The molecule has 2 aromatic heterocycles. The highest BCUT2D eigenvalue weighted by Crippen LogP contribution is 2.46. The van der Waals surface area contributed by atoms with Crippen molar-refractivity contribution in [1.82, 2.24) is 9.13 Å². The summed E-state index contributed by atoms with van der Waals surface area (Å²) in [5.74, 6) is -1.54. The van der Waals surface area contributed by atoms with Crippen molar-refractivity contribution in [2.45, 2.75) is 13.8 Å². The first kappa shape index (κ1) is 34.1. The molecule has 6 heteroatoms. The third-order valence-electron chi connectivity index (χ3n) is 11.6. The molecule has 0 unspecified atom stereocenters. The summed E-state index contributed by atoms with van der Waals surface area (Å²) < 4.78 is 63.0. The first-order chi connectivity index (χ1) is 28.2. The number of hydrogen-bond acceptors (Lipinski definition) is 0. The second-order valence-corrected chi connectivity index (χ2v) is 15.3. The molecule has 11 aromatic rings. The van der Waals surface area contributed by atoms with Gasteiger partial charge >= 0.3 is 0 Å². The predicted octanol–water partition coefficient (Wildman–Crippen LogP) is 14.7. The van der Waals surface area contributed by atoms with E-state index in [1.54, 1.807) is 24.3 Å². The molecule has 2 nitrogen and oxygen atoms in total. The molecular formula is C52H32F4N2. The van der Waals surface area contributed by atoms with Gasteiger partial charge in [-0.3, -0.25) is 0 Å². The van der Waals surface area contributed by atoms with Gasteiger partial charge in [0.25, 0.3) is 0 Å². The highest BCUT2D eigenvalue weighted by Gasteiger charge is 2.22. The van der Waals surface area contributed by atoms with Crippen LogP contribution in [0.2, 0.25) is 0 Å².